The Balaban J connectivity index is 1.41. The molecule has 3 amide bonds. The Hall–Kier alpha value is -3.57. The van der Waals surface area contributed by atoms with Crippen LogP contribution in [0.3, 0.4) is 0 Å². The first kappa shape index (κ1) is 24.6. The average molecular weight is 498 g/mol. The number of hydrazine groups is 1. The highest BCUT2D eigenvalue weighted by molar-refractivity contribution is 7.89. The number of benzene rings is 2. The lowest BCUT2D eigenvalue weighted by molar-refractivity contribution is -0.119. The molecule has 11 heteroatoms. The molecule has 0 unspecified atom stereocenters. The normalized spacial score (nSPS) is 16.7. The van der Waals surface area contributed by atoms with Crippen LogP contribution in [0.4, 0.5) is 5.69 Å². The highest BCUT2D eigenvalue weighted by Gasteiger charge is 2.28. The topological polar surface area (TPSA) is 128 Å². The summed E-state index contributed by atoms with van der Waals surface area (Å²) in [5.74, 6) is -1.46. The van der Waals surface area contributed by atoms with Crippen molar-refractivity contribution < 1.29 is 22.8 Å². The Morgan fingerprint density at radius 3 is 2.26 bits per heavy atom. The van der Waals surface area contributed by atoms with E-state index in [0.717, 1.165) is 24.0 Å². The van der Waals surface area contributed by atoms with Crippen LogP contribution in [-0.2, 0) is 19.6 Å². The van der Waals surface area contributed by atoms with Crippen LogP contribution in [0, 0.1) is 13.8 Å². The summed E-state index contributed by atoms with van der Waals surface area (Å²) in [4.78, 5) is 37.7. The fourth-order valence-electron chi connectivity index (χ4n) is 3.97. The van der Waals surface area contributed by atoms with Gasteiger partial charge in [-0.1, -0.05) is 12.1 Å². The van der Waals surface area contributed by atoms with Crippen molar-refractivity contribution in [3.63, 3.8) is 0 Å². The molecule has 35 heavy (non-hydrogen) atoms. The minimum Gasteiger partial charge on any atom is -0.273 e. The van der Waals surface area contributed by atoms with E-state index in [1.807, 2.05) is 32.0 Å². The molecule has 2 heterocycles. The molecule has 2 aromatic carbocycles. The van der Waals surface area contributed by atoms with E-state index in [0.29, 0.717) is 18.8 Å². The molecule has 2 aliphatic rings. The van der Waals surface area contributed by atoms with Gasteiger partial charge in [0.2, 0.25) is 15.9 Å². The van der Waals surface area contributed by atoms with Crippen molar-refractivity contribution in [2.75, 3.05) is 18.1 Å². The van der Waals surface area contributed by atoms with E-state index < -0.39 is 21.8 Å². The number of hydrogen-bond donors (Lipinski definition) is 2. The Labute approximate surface area is 204 Å². The van der Waals surface area contributed by atoms with Crippen molar-refractivity contribution in [2.45, 2.75) is 44.4 Å². The molecule has 4 rings (SSSR count). The zero-order chi connectivity index (χ0) is 25.2. The second kappa shape index (κ2) is 9.96. The largest absolute Gasteiger partial charge is 0.285 e. The van der Waals surface area contributed by atoms with E-state index >= 15 is 0 Å². The molecule has 0 radical (unpaired) electrons. The molecular weight excluding hydrogens is 470 g/mol. The SMILES string of the molecule is Cc1ccc(C)c(N2N=C(C(=O)NNC(=O)c3ccc(S(=O)(=O)N4CCCC4)cc3)CCC2=O)c1. The Bertz CT molecular complexity index is 1300. The van der Waals surface area contributed by atoms with E-state index in [-0.39, 0.29) is 34.9 Å². The van der Waals surface area contributed by atoms with Crippen LogP contribution in [0.15, 0.2) is 52.5 Å². The van der Waals surface area contributed by atoms with Gasteiger partial charge in [0.05, 0.1) is 10.6 Å². The zero-order valence-electron chi connectivity index (χ0n) is 19.6. The summed E-state index contributed by atoms with van der Waals surface area (Å²) in [5.41, 5.74) is 7.33. The van der Waals surface area contributed by atoms with Gasteiger partial charge in [-0.15, -0.1) is 0 Å². The van der Waals surface area contributed by atoms with E-state index in [4.69, 9.17) is 0 Å². The van der Waals surface area contributed by atoms with Crippen molar-refractivity contribution in [3.8, 4) is 0 Å². The molecule has 0 spiro atoms. The first-order valence-corrected chi connectivity index (χ1v) is 12.8. The summed E-state index contributed by atoms with van der Waals surface area (Å²) in [6.45, 7) is 4.74. The third kappa shape index (κ3) is 5.25. The van der Waals surface area contributed by atoms with Crippen LogP contribution >= 0.6 is 0 Å². The summed E-state index contributed by atoms with van der Waals surface area (Å²) in [5, 5.41) is 5.45. The molecule has 2 aliphatic heterocycles. The van der Waals surface area contributed by atoms with Gasteiger partial charge < -0.3 is 0 Å². The van der Waals surface area contributed by atoms with E-state index in [9.17, 15) is 22.8 Å². The number of hydrazone groups is 1. The van der Waals surface area contributed by atoms with Gasteiger partial charge >= 0.3 is 0 Å². The first-order valence-electron chi connectivity index (χ1n) is 11.4. The lowest BCUT2D eigenvalue weighted by Crippen LogP contribution is -2.47. The highest BCUT2D eigenvalue weighted by atomic mass is 32.2. The Kier molecular flexibility index (Phi) is 6.99. The smallest absolute Gasteiger partial charge is 0.273 e. The maximum atomic E-state index is 12.6. The van der Waals surface area contributed by atoms with Gasteiger partial charge in [0, 0.05) is 31.5 Å². The number of nitrogens with zero attached hydrogens (tertiary/aromatic N) is 3. The highest BCUT2D eigenvalue weighted by Crippen LogP contribution is 2.25. The van der Waals surface area contributed by atoms with Gasteiger partial charge in [0.15, 0.2) is 0 Å². The van der Waals surface area contributed by atoms with Gasteiger partial charge in [-0.05, 0) is 68.1 Å². The average Bonchev–Trinajstić information content (AvgIpc) is 3.40. The minimum absolute atomic E-state index is 0.109. The summed E-state index contributed by atoms with van der Waals surface area (Å²) >= 11 is 0. The fraction of sp³-hybridized carbons (Fsp3) is 0.333. The number of carbonyl (C=O) groups excluding carboxylic acids is 3. The van der Waals surface area contributed by atoms with Crippen molar-refractivity contribution in [1.29, 1.82) is 0 Å². The maximum absolute atomic E-state index is 12.6. The molecule has 184 valence electrons. The van der Waals surface area contributed by atoms with Gasteiger partial charge in [0.25, 0.3) is 11.8 Å². The molecule has 10 nitrogen and oxygen atoms in total. The van der Waals surface area contributed by atoms with Crippen LogP contribution < -0.4 is 15.9 Å². The Morgan fingerprint density at radius 2 is 1.57 bits per heavy atom. The van der Waals surface area contributed by atoms with Crippen molar-refractivity contribution in [2.24, 2.45) is 5.10 Å². The molecule has 0 aromatic heterocycles. The molecule has 0 aliphatic carbocycles. The van der Waals surface area contributed by atoms with E-state index in [1.165, 1.54) is 33.6 Å². The van der Waals surface area contributed by atoms with Crippen LogP contribution in [0.1, 0.15) is 47.2 Å². The Morgan fingerprint density at radius 1 is 0.914 bits per heavy atom. The third-order valence-electron chi connectivity index (χ3n) is 6.00. The first-order chi connectivity index (χ1) is 16.7. The van der Waals surface area contributed by atoms with Gasteiger partial charge in [-0.2, -0.15) is 9.41 Å². The number of aryl methyl sites for hydroxylation is 2. The molecule has 0 bridgehead atoms. The number of hydrogen-bond acceptors (Lipinski definition) is 6. The zero-order valence-corrected chi connectivity index (χ0v) is 20.4. The predicted octanol–water partition coefficient (Wildman–Crippen LogP) is 2.03. The molecule has 1 saturated heterocycles. The lowest BCUT2D eigenvalue weighted by Gasteiger charge is -2.24. The molecule has 0 saturated carbocycles. The van der Waals surface area contributed by atoms with E-state index in [1.54, 1.807) is 0 Å². The maximum Gasteiger partial charge on any atom is 0.285 e. The number of rotatable bonds is 5. The van der Waals surface area contributed by atoms with Crippen molar-refractivity contribution in [1.82, 2.24) is 15.2 Å². The van der Waals surface area contributed by atoms with Crippen molar-refractivity contribution >= 4 is 39.1 Å². The molecule has 1 fully saturated rings. The van der Waals surface area contributed by atoms with Crippen LogP contribution in [0.5, 0.6) is 0 Å². The molecule has 2 aromatic rings. The quantitative estimate of drug-likeness (QED) is 0.611. The van der Waals surface area contributed by atoms with Crippen molar-refractivity contribution in [3.05, 3.63) is 59.2 Å². The van der Waals surface area contributed by atoms with E-state index in [2.05, 4.69) is 16.0 Å². The summed E-state index contributed by atoms with van der Waals surface area (Å²) in [6.07, 6.45) is 1.92. The minimum atomic E-state index is -3.58. The standard InChI is InChI=1S/C24H27N5O5S/c1-16-5-6-17(2)21(15-16)29-22(30)12-11-20(27-29)24(32)26-25-23(31)18-7-9-19(10-8-18)35(33,34)28-13-3-4-14-28/h5-10,15H,3-4,11-14H2,1-2H3,(H,25,31)(H,26,32). The van der Waals surface area contributed by atoms with Crippen LogP contribution in [0.25, 0.3) is 0 Å². The lowest BCUT2D eigenvalue weighted by atomic mass is 10.1. The third-order valence-corrected chi connectivity index (χ3v) is 7.91. The van der Waals surface area contributed by atoms with Gasteiger partial charge in [-0.25, -0.2) is 13.4 Å². The number of sulfonamides is 1. The molecule has 0 atom stereocenters. The summed E-state index contributed by atoms with van der Waals surface area (Å²) in [7, 11) is -3.58. The molecular formula is C24H27N5O5S. The number of amides is 3. The molecule has 2 N–H and O–H groups in total. The summed E-state index contributed by atoms with van der Waals surface area (Å²) in [6, 6.07) is 11.2. The number of carbonyl (C=O) groups is 3. The van der Waals surface area contributed by atoms with Gasteiger partial charge in [-0.3, -0.25) is 25.2 Å². The van der Waals surface area contributed by atoms with Crippen LogP contribution in [0.2, 0.25) is 0 Å². The number of nitrogens with one attached hydrogen (secondary N) is 2. The van der Waals surface area contributed by atoms with Crippen LogP contribution in [-0.4, -0.2) is 49.2 Å². The monoisotopic (exact) mass is 497 g/mol. The second-order valence-corrected chi connectivity index (χ2v) is 10.5. The fourth-order valence-corrected chi connectivity index (χ4v) is 5.48. The number of anilines is 1. The second-order valence-electron chi connectivity index (χ2n) is 8.59. The summed E-state index contributed by atoms with van der Waals surface area (Å²) < 4.78 is 26.7. The predicted molar refractivity (Wildman–Crippen MR) is 130 cm³/mol. The van der Waals surface area contributed by atoms with Gasteiger partial charge in [0.1, 0.15) is 5.71 Å².